The average Bonchev–Trinajstić information content (AvgIpc) is 2.45. The van der Waals surface area contributed by atoms with Crippen LogP contribution in [0.1, 0.15) is 67.2 Å². The molecule has 0 heterocycles. The van der Waals surface area contributed by atoms with Crippen molar-refractivity contribution in [2.24, 2.45) is 0 Å². The van der Waals surface area contributed by atoms with Gasteiger partial charge in [0.15, 0.2) is 0 Å². The first kappa shape index (κ1) is 12.5. The molecule has 98 valence electrons. The van der Waals surface area contributed by atoms with E-state index in [0.717, 1.165) is 0 Å². The van der Waals surface area contributed by atoms with Crippen molar-refractivity contribution in [2.75, 3.05) is 0 Å². The topological polar surface area (TPSA) is 0 Å². The molecule has 0 nitrogen and oxygen atoms in total. The highest BCUT2D eigenvalue weighted by Crippen LogP contribution is 2.41. The summed E-state index contributed by atoms with van der Waals surface area (Å²) >= 11 is 0. The van der Waals surface area contributed by atoms with Crippen LogP contribution in [0.3, 0.4) is 0 Å². The SMILES string of the molecule is CC1CC(C)c2ccccc2C(C)c2ccccc21. The second-order valence-corrected chi connectivity index (χ2v) is 6.02. The van der Waals surface area contributed by atoms with Gasteiger partial charge in [0, 0.05) is 5.92 Å². The molecule has 2 unspecified atom stereocenters. The van der Waals surface area contributed by atoms with Crippen LogP contribution in [0.2, 0.25) is 0 Å². The minimum absolute atomic E-state index is 0.498. The van der Waals surface area contributed by atoms with Crippen LogP contribution in [-0.2, 0) is 0 Å². The van der Waals surface area contributed by atoms with E-state index in [1.54, 1.807) is 0 Å². The van der Waals surface area contributed by atoms with Crippen LogP contribution in [0.5, 0.6) is 0 Å². The van der Waals surface area contributed by atoms with Gasteiger partial charge in [-0.25, -0.2) is 0 Å². The summed E-state index contributed by atoms with van der Waals surface area (Å²) in [5.74, 6) is 1.78. The van der Waals surface area contributed by atoms with Crippen molar-refractivity contribution < 1.29 is 0 Å². The molecule has 0 saturated heterocycles. The van der Waals surface area contributed by atoms with E-state index in [1.165, 1.54) is 28.7 Å². The molecule has 19 heavy (non-hydrogen) atoms. The summed E-state index contributed by atoms with van der Waals surface area (Å²) in [6.07, 6.45) is 1.24. The number of hydrogen-bond donors (Lipinski definition) is 0. The summed E-state index contributed by atoms with van der Waals surface area (Å²) < 4.78 is 0. The summed E-state index contributed by atoms with van der Waals surface area (Å²) in [4.78, 5) is 0. The van der Waals surface area contributed by atoms with Gasteiger partial charge in [0.25, 0.3) is 0 Å². The maximum absolute atomic E-state index is 2.37. The Kier molecular flexibility index (Phi) is 3.18. The van der Waals surface area contributed by atoms with Crippen LogP contribution in [0.15, 0.2) is 48.5 Å². The van der Waals surface area contributed by atoms with E-state index in [9.17, 15) is 0 Å². The molecule has 0 bridgehead atoms. The van der Waals surface area contributed by atoms with E-state index in [2.05, 4.69) is 69.3 Å². The molecule has 2 aromatic carbocycles. The molecule has 0 amide bonds. The van der Waals surface area contributed by atoms with Gasteiger partial charge >= 0.3 is 0 Å². The van der Waals surface area contributed by atoms with Crippen LogP contribution in [0.25, 0.3) is 0 Å². The van der Waals surface area contributed by atoms with Gasteiger partial charge < -0.3 is 0 Å². The molecule has 0 fully saturated rings. The van der Waals surface area contributed by atoms with Gasteiger partial charge in [-0.05, 0) is 40.5 Å². The average molecular weight is 250 g/mol. The van der Waals surface area contributed by atoms with E-state index in [4.69, 9.17) is 0 Å². The first-order valence-electron chi connectivity index (χ1n) is 7.36. The quantitative estimate of drug-likeness (QED) is 0.583. The van der Waals surface area contributed by atoms with Crippen molar-refractivity contribution in [2.45, 2.75) is 44.9 Å². The molecular weight excluding hydrogens is 228 g/mol. The summed E-state index contributed by atoms with van der Waals surface area (Å²) in [6.45, 7) is 7.09. The lowest BCUT2D eigenvalue weighted by atomic mass is 9.75. The van der Waals surface area contributed by atoms with Gasteiger partial charge in [-0.15, -0.1) is 0 Å². The lowest BCUT2D eigenvalue weighted by Gasteiger charge is -2.30. The lowest BCUT2D eigenvalue weighted by Crippen LogP contribution is -2.13. The Labute approximate surface area is 116 Å². The highest BCUT2D eigenvalue weighted by molar-refractivity contribution is 5.45. The smallest absolute Gasteiger partial charge is 0.00666 e. The van der Waals surface area contributed by atoms with Gasteiger partial charge in [0.2, 0.25) is 0 Å². The van der Waals surface area contributed by atoms with Crippen molar-refractivity contribution in [1.29, 1.82) is 0 Å². The summed E-state index contributed by atoms with van der Waals surface area (Å²) in [5, 5.41) is 0. The predicted octanol–water partition coefficient (Wildman–Crippen LogP) is 5.45. The van der Waals surface area contributed by atoms with E-state index in [0.29, 0.717) is 17.8 Å². The third-order valence-corrected chi connectivity index (χ3v) is 4.69. The van der Waals surface area contributed by atoms with Crippen LogP contribution >= 0.6 is 0 Å². The number of hydrogen-bond acceptors (Lipinski definition) is 0. The summed E-state index contributed by atoms with van der Waals surface area (Å²) in [7, 11) is 0. The molecule has 1 aliphatic carbocycles. The molecule has 2 aromatic rings. The van der Waals surface area contributed by atoms with E-state index < -0.39 is 0 Å². The van der Waals surface area contributed by atoms with E-state index in [1.807, 2.05) is 0 Å². The minimum Gasteiger partial charge on any atom is -0.0620 e. The van der Waals surface area contributed by atoms with Crippen molar-refractivity contribution >= 4 is 0 Å². The third-order valence-electron chi connectivity index (χ3n) is 4.69. The largest absolute Gasteiger partial charge is 0.0620 e. The highest BCUT2D eigenvalue weighted by atomic mass is 14.3. The fourth-order valence-corrected chi connectivity index (χ4v) is 3.66. The molecular formula is C19H22. The van der Waals surface area contributed by atoms with Crippen LogP contribution < -0.4 is 0 Å². The number of benzene rings is 2. The Morgan fingerprint density at radius 1 is 0.632 bits per heavy atom. The Bertz CT molecular complexity index is 531. The zero-order chi connectivity index (χ0) is 13.4. The van der Waals surface area contributed by atoms with E-state index in [-0.39, 0.29) is 0 Å². The van der Waals surface area contributed by atoms with Crippen molar-refractivity contribution in [3.8, 4) is 0 Å². The van der Waals surface area contributed by atoms with Gasteiger partial charge in [0.1, 0.15) is 0 Å². The minimum atomic E-state index is 0.498. The zero-order valence-corrected chi connectivity index (χ0v) is 12.1. The maximum atomic E-state index is 2.37. The van der Waals surface area contributed by atoms with Gasteiger partial charge in [-0.2, -0.15) is 0 Å². The zero-order valence-electron chi connectivity index (χ0n) is 12.1. The third kappa shape index (κ3) is 2.10. The Morgan fingerprint density at radius 3 is 1.42 bits per heavy atom. The van der Waals surface area contributed by atoms with Crippen molar-refractivity contribution in [3.05, 3.63) is 70.8 Å². The Balaban J connectivity index is 2.21. The molecule has 0 aromatic heterocycles. The fourth-order valence-electron chi connectivity index (χ4n) is 3.66. The molecule has 0 saturated carbocycles. The monoisotopic (exact) mass is 250 g/mol. The summed E-state index contributed by atoms with van der Waals surface area (Å²) in [6, 6.07) is 18.0. The standard InChI is InChI=1S/C19H22/c1-13-12-14(2)17-9-5-7-11-19(17)15(3)18-10-6-4-8-16(13)18/h4-11,13-15H,12H2,1-3H3. The van der Waals surface area contributed by atoms with Crippen LogP contribution in [0, 0.1) is 0 Å². The molecule has 0 N–H and O–H groups in total. The van der Waals surface area contributed by atoms with Gasteiger partial charge in [-0.1, -0.05) is 69.3 Å². The molecule has 0 radical (unpaired) electrons. The first-order valence-corrected chi connectivity index (χ1v) is 7.36. The number of fused-ring (bicyclic) bond motifs is 2. The Morgan fingerprint density at radius 2 is 1.00 bits per heavy atom. The number of rotatable bonds is 0. The second-order valence-electron chi connectivity index (χ2n) is 6.02. The highest BCUT2D eigenvalue weighted by Gasteiger charge is 2.24. The predicted molar refractivity (Wildman–Crippen MR) is 81.8 cm³/mol. The van der Waals surface area contributed by atoms with Crippen molar-refractivity contribution in [1.82, 2.24) is 0 Å². The second kappa shape index (κ2) is 4.85. The molecule has 0 heteroatoms. The van der Waals surface area contributed by atoms with Crippen LogP contribution in [-0.4, -0.2) is 0 Å². The van der Waals surface area contributed by atoms with E-state index >= 15 is 0 Å². The van der Waals surface area contributed by atoms with Gasteiger partial charge in [-0.3, -0.25) is 0 Å². The summed E-state index contributed by atoms with van der Waals surface area (Å²) in [5.41, 5.74) is 6.09. The van der Waals surface area contributed by atoms with Crippen molar-refractivity contribution in [3.63, 3.8) is 0 Å². The first-order chi connectivity index (χ1) is 9.18. The maximum Gasteiger partial charge on any atom is 0.00666 e. The Hall–Kier alpha value is -1.56. The molecule has 2 atom stereocenters. The molecule has 0 spiro atoms. The van der Waals surface area contributed by atoms with Crippen LogP contribution in [0.4, 0.5) is 0 Å². The lowest BCUT2D eigenvalue weighted by molar-refractivity contribution is 0.570. The molecule has 0 aliphatic heterocycles. The van der Waals surface area contributed by atoms with Gasteiger partial charge in [0.05, 0.1) is 0 Å². The molecule has 1 aliphatic rings. The fraction of sp³-hybridized carbons (Fsp3) is 0.368. The normalized spacial score (nSPS) is 25.9. The molecule has 3 rings (SSSR count).